The number of hydrogen-bond donors (Lipinski definition) is 1. The van der Waals surface area contributed by atoms with Crippen molar-refractivity contribution >= 4 is 0 Å². The number of nitrogens with zero attached hydrogens (tertiary/aromatic N) is 2. The highest BCUT2D eigenvalue weighted by molar-refractivity contribution is 5.09. The zero-order chi connectivity index (χ0) is 9.59. The van der Waals surface area contributed by atoms with E-state index in [4.69, 9.17) is 0 Å². The highest BCUT2D eigenvalue weighted by atomic mass is 16.3. The van der Waals surface area contributed by atoms with Crippen LogP contribution in [0.3, 0.4) is 0 Å². The molecule has 1 aliphatic heterocycles. The van der Waals surface area contributed by atoms with Crippen molar-refractivity contribution < 1.29 is 5.11 Å². The molecule has 0 radical (unpaired) electrons. The summed E-state index contributed by atoms with van der Waals surface area (Å²) in [4.78, 5) is 22.6. The van der Waals surface area contributed by atoms with E-state index in [9.17, 15) is 14.7 Å². The Kier molecular flexibility index (Phi) is 1.63. The first kappa shape index (κ1) is 8.25. The van der Waals surface area contributed by atoms with Crippen LogP contribution >= 0.6 is 0 Å². The van der Waals surface area contributed by atoms with E-state index >= 15 is 0 Å². The third kappa shape index (κ3) is 1.04. The summed E-state index contributed by atoms with van der Waals surface area (Å²) in [5.41, 5.74) is -0.274. The first-order valence-corrected chi connectivity index (χ1v) is 4.10. The maximum atomic E-state index is 11.4. The molecule has 0 aliphatic carbocycles. The van der Waals surface area contributed by atoms with E-state index < -0.39 is 6.10 Å². The van der Waals surface area contributed by atoms with Crippen molar-refractivity contribution in [3.63, 3.8) is 0 Å². The predicted molar refractivity (Wildman–Crippen MR) is 45.5 cm³/mol. The minimum Gasteiger partial charge on any atom is -0.387 e. The van der Waals surface area contributed by atoms with Crippen LogP contribution in [0.4, 0.5) is 0 Å². The summed E-state index contributed by atoms with van der Waals surface area (Å²) >= 11 is 0. The van der Waals surface area contributed by atoms with Gasteiger partial charge in [-0.1, -0.05) is 0 Å². The SMILES string of the molecule is Cn1c(=O)cc2n(c1=O)CC[C@H]2O. The van der Waals surface area contributed by atoms with Gasteiger partial charge >= 0.3 is 5.69 Å². The highest BCUT2D eigenvalue weighted by Crippen LogP contribution is 2.21. The van der Waals surface area contributed by atoms with Crippen molar-refractivity contribution in [3.8, 4) is 0 Å². The van der Waals surface area contributed by atoms with Gasteiger partial charge in [-0.2, -0.15) is 0 Å². The van der Waals surface area contributed by atoms with Crippen molar-refractivity contribution in [2.45, 2.75) is 19.1 Å². The van der Waals surface area contributed by atoms with Gasteiger partial charge in [0, 0.05) is 19.7 Å². The van der Waals surface area contributed by atoms with E-state index in [2.05, 4.69) is 0 Å². The molecule has 13 heavy (non-hydrogen) atoms. The second-order valence-corrected chi connectivity index (χ2v) is 3.21. The standard InChI is InChI=1S/C8H10N2O3/c1-9-7(12)4-5-6(11)2-3-10(5)8(9)13/h4,6,11H,2-3H2,1H3/t6-/m1/s1. The van der Waals surface area contributed by atoms with Crippen molar-refractivity contribution in [2.75, 3.05) is 0 Å². The van der Waals surface area contributed by atoms with Crippen LogP contribution in [0.2, 0.25) is 0 Å². The van der Waals surface area contributed by atoms with Crippen molar-refractivity contribution in [3.05, 3.63) is 32.6 Å². The van der Waals surface area contributed by atoms with Gasteiger partial charge in [-0.15, -0.1) is 0 Å². The molecule has 1 N–H and O–H groups in total. The van der Waals surface area contributed by atoms with E-state index in [0.717, 1.165) is 4.57 Å². The lowest BCUT2D eigenvalue weighted by atomic mass is 10.2. The van der Waals surface area contributed by atoms with Gasteiger partial charge < -0.3 is 5.11 Å². The maximum absolute atomic E-state index is 11.4. The fraction of sp³-hybridized carbons (Fsp3) is 0.500. The van der Waals surface area contributed by atoms with Gasteiger partial charge in [0.1, 0.15) is 0 Å². The molecular formula is C8H10N2O3. The van der Waals surface area contributed by atoms with Crippen molar-refractivity contribution in [1.29, 1.82) is 0 Å². The van der Waals surface area contributed by atoms with Gasteiger partial charge in [0.2, 0.25) is 0 Å². The Morgan fingerprint density at radius 2 is 2.23 bits per heavy atom. The number of hydrogen-bond acceptors (Lipinski definition) is 3. The minimum atomic E-state index is -0.665. The Bertz CT molecular complexity index is 457. The molecule has 0 amide bonds. The van der Waals surface area contributed by atoms with Crippen LogP contribution < -0.4 is 11.2 Å². The molecule has 0 saturated carbocycles. The second kappa shape index (κ2) is 2.56. The van der Waals surface area contributed by atoms with Crippen LogP contribution in [0.25, 0.3) is 0 Å². The molecule has 0 aromatic carbocycles. The van der Waals surface area contributed by atoms with Crippen LogP contribution in [0.15, 0.2) is 15.7 Å². The zero-order valence-corrected chi connectivity index (χ0v) is 7.23. The molecule has 0 spiro atoms. The fourth-order valence-corrected chi connectivity index (χ4v) is 1.59. The summed E-state index contributed by atoms with van der Waals surface area (Å²) in [5.74, 6) is 0. The van der Waals surface area contributed by atoms with Gasteiger partial charge in [-0.3, -0.25) is 13.9 Å². The molecule has 2 rings (SSSR count). The zero-order valence-electron chi connectivity index (χ0n) is 7.23. The average Bonchev–Trinajstić information content (AvgIpc) is 2.45. The van der Waals surface area contributed by atoms with Crippen LogP contribution in [0.5, 0.6) is 0 Å². The van der Waals surface area contributed by atoms with Gasteiger partial charge in [-0.05, 0) is 6.42 Å². The summed E-state index contributed by atoms with van der Waals surface area (Å²) in [6, 6.07) is 1.32. The Hall–Kier alpha value is -1.36. The quantitative estimate of drug-likeness (QED) is 0.558. The Morgan fingerprint density at radius 3 is 2.92 bits per heavy atom. The molecule has 1 aromatic rings. The molecule has 0 fully saturated rings. The molecule has 0 bridgehead atoms. The van der Waals surface area contributed by atoms with Gasteiger partial charge in [0.05, 0.1) is 11.8 Å². The lowest BCUT2D eigenvalue weighted by Crippen LogP contribution is -2.37. The molecule has 0 saturated heterocycles. The second-order valence-electron chi connectivity index (χ2n) is 3.21. The van der Waals surface area contributed by atoms with Crippen LogP contribution in [0.1, 0.15) is 18.2 Å². The monoisotopic (exact) mass is 182 g/mol. The highest BCUT2D eigenvalue weighted by Gasteiger charge is 2.22. The number of aliphatic hydroxyl groups is 1. The first-order chi connectivity index (χ1) is 6.11. The lowest BCUT2D eigenvalue weighted by Gasteiger charge is -2.05. The smallest absolute Gasteiger partial charge is 0.330 e. The summed E-state index contributed by atoms with van der Waals surface area (Å²) in [6.45, 7) is 0.490. The topological polar surface area (TPSA) is 64.2 Å². The molecule has 0 unspecified atom stereocenters. The Balaban J connectivity index is 2.82. The van der Waals surface area contributed by atoms with Crippen molar-refractivity contribution in [2.24, 2.45) is 7.05 Å². The summed E-state index contributed by atoms with van der Waals surface area (Å²) in [5, 5.41) is 9.41. The van der Waals surface area contributed by atoms with E-state index in [0.29, 0.717) is 18.7 Å². The molecular weight excluding hydrogens is 172 g/mol. The van der Waals surface area contributed by atoms with E-state index in [1.165, 1.54) is 17.7 Å². The molecule has 5 heteroatoms. The molecule has 70 valence electrons. The number of aromatic nitrogens is 2. The van der Waals surface area contributed by atoms with Crippen LogP contribution in [0, 0.1) is 0 Å². The predicted octanol–water partition coefficient (Wildman–Crippen LogP) is -1.02. The van der Waals surface area contributed by atoms with Gasteiger partial charge in [0.15, 0.2) is 0 Å². The van der Waals surface area contributed by atoms with Crippen molar-refractivity contribution in [1.82, 2.24) is 9.13 Å². The third-order valence-corrected chi connectivity index (χ3v) is 2.40. The van der Waals surface area contributed by atoms with E-state index in [1.807, 2.05) is 0 Å². The summed E-state index contributed by atoms with van der Waals surface area (Å²) < 4.78 is 2.48. The molecule has 2 heterocycles. The van der Waals surface area contributed by atoms with Gasteiger partial charge in [-0.25, -0.2) is 4.79 Å². The number of rotatable bonds is 0. The number of fused-ring (bicyclic) bond motifs is 1. The summed E-state index contributed by atoms with van der Waals surface area (Å²) in [7, 11) is 1.43. The molecule has 1 aromatic heterocycles. The largest absolute Gasteiger partial charge is 0.387 e. The average molecular weight is 182 g/mol. The molecule has 1 atom stereocenters. The first-order valence-electron chi connectivity index (χ1n) is 4.10. The minimum absolute atomic E-state index is 0.348. The molecule has 1 aliphatic rings. The fourth-order valence-electron chi connectivity index (χ4n) is 1.59. The van der Waals surface area contributed by atoms with E-state index in [1.54, 1.807) is 0 Å². The Labute approximate surface area is 73.9 Å². The van der Waals surface area contributed by atoms with E-state index in [-0.39, 0.29) is 11.2 Å². The lowest BCUT2D eigenvalue weighted by molar-refractivity contribution is 0.179. The summed E-state index contributed by atoms with van der Waals surface area (Å²) in [6.07, 6.45) is -0.153. The maximum Gasteiger partial charge on any atom is 0.330 e. The molecule has 5 nitrogen and oxygen atoms in total. The number of aliphatic hydroxyl groups excluding tert-OH is 1. The van der Waals surface area contributed by atoms with Gasteiger partial charge in [0.25, 0.3) is 5.56 Å². The Morgan fingerprint density at radius 1 is 1.54 bits per heavy atom. The van der Waals surface area contributed by atoms with Crippen LogP contribution in [-0.2, 0) is 13.6 Å². The van der Waals surface area contributed by atoms with Crippen LogP contribution in [-0.4, -0.2) is 14.2 Å². The normalized spacial score (nSPS) is 20.3. The third-order valence-electron chi connectivity index (χ3n) is 2.40.